The van der Waals surface area contributed by atoms with E-state index in [4.69, 9.17) is 23.9 Å². The Bertz CT molecular complexity index is 1240. The van der Waals surface area contributed by atoms with Crippen LogP contribution in [0.4, 0.5) is 4.79 Å². The average molecular weight is 499 g/mol. The monoisotopic (exact) mass is 498 g/mol. The molecule has 35 heavy (non-hydrogen) atoms. The van der Waals surface area contributed by atoms with E-state index in [2.05, 4.69) is 20.6 Å². The number of aromatic nitrogens is 1. The van der Waals surface area contributed by atoms with E-state index in [1.54, 1.807) is 25.6 Å². The number of rotatable bonds is 10. The molecule has 0 unspecified atom stereocenters. The van der Waals surface area contributed by atoms with Gasteiger partial charge < -0.3 is 34.1 Å². The van der Waals surface area contributed by atoms with Crippen LogP contribution < -0.4 is 34.4 Å². The van der Waals surface area contributed by atoms with Gasteiger partial charge in [-0.25, -0.2) is 4.79 Å². The number of carbonyl (C=O) groups is 1. The predicted octanol–water partition coefficient (Wildman–Crippen LogP) is 3.77. The third kappa shape index (κ3) is 5.89. The van der Waals surface area contributed by atoms with Gasteiger partial charge in [-0.1, -0.05) is 0 Å². The van der Waals surface area contributed by atoms with Gasteiger partial charge >= 0.3 is 6.03 Å². The van der Waals surface area contributed by atoms with Crippen molar-refractivity contribution in [2.24, 2.45) is 4.99 Å². The molecule has 0 atom stereocenters. The van der Waals surface area contributed by atoms with Gasteiger partial charge in [0.05, 0.1) is 26.5 Å². The maximum absolute atomic E-state index is 11.7. The van der Waals surface area contributed by atoms with Crippen molar-refractivity contribution in [2.45, 2.75) is 26.4 Å². The molecule has 0 aliphatic carbocycles. The lowest BCUT2D eigenvalue weighted by Gasteiger charge is -2.11. The molecule has 0 spiro atoms. The third-order valence-corrected chi connectivity index (χ3v) is 6.43. The molecule has 2 aromatic carbocycles. The predicted molar refractivity (Wildman–Crippen MR) is 134 cm³/mol. The summed E-state index contributed by atoms with van der Waals surface area (Å²) in [6, 6.07) is 11.5. The lowest BCUT2D eigenvalue weighted by atomic mass is 10.1. The molecule has 0 radical (unpaired) electrons. The molecule has 4 rings (SSSR count). The van der Waals surface area contributed by atoms with Gasteiger partial charge in [-0.3, -0.25) is 4.99 Å². The van der Waals surface area contributed by atoms with E-state index in [1.807, 2.05) is 43.3 Å². The Hall–Kier alpha value is -3.66. The minimum atomic E-state index is -0.157. The van der Waals surface area contributed by atoms with Crippen LogP contribution in [-0.2, 0) is 13.1 Å². The van der Waals surface area contributed by atoms with Gasteiger partial charge in [0, 0.05) is 42.2 Å². The minimum Gasteiger partial charge on any atom is -0.497 e. The zero-order valence-electron chi connectivity index (χ0n) is 20.1. The van der Waals surface area contributed by atoms with E-state index in [0.29, 0.717) is 26.2 Å². The van der Waals surface area contributed by atoms with E-state index in [-0.39, 0.29) is 12.8 Å². The second-order valence-electron chi connectivity index (χ2n) is 7.76. The summed E-state index contributed by atoms with van der Waals surface area (Å²) in [6.07, 6.45) is 0.754. The van der Waals surface area contributed by atoms with Crippen molar-refractivity contribution in [3.63, 3.8) is 0 Å². The highest BCUT2D eigenvalue weighted by atomic mass is 32.1. The molecule has 10 heteroatoms. The summed E-state index contributed by atoms with van der Waals surface area (Å²) >= 11 is 1.58. The first-order valence-electron chi connectivity index (χ1n) is 11.4. The zero-order chi connectivity index (χ0) is 24.6. The van der Waals surface area contributed by atoms with E-state index in [1.165, 1.54) is 0 Å². The number of benzene rings is 2. The quantitative estimate of drug-likeness (QED) is 0.415. The second-order valence-corrected chi connectivity index (χ2v) is 8.59. The molecule has 0 fully saturated rings. The Morgan fingerprint density at radius 3 is 2.77 bits per heavy atom. The highest BCUT2D eigenvalue weighted by molar-refractivity contribution is 7.07. The van der Waals surface area contributed by atoms with E-state index in [0.717, 1.165) is 51.0 Å². The smallest absolute Gasteiger partial charge is 0.314 e. The number of hydrogen-bond acceptors (Lipinski definition) is 7. The highest BCUT2D eigenvalue weighted by Gasteiger charge is 2.16. The fourth-order valence-corrected chi connectivity index (χ4v) is 4.69. The van der Waals surface area contributed by atoms with Gasteiger partial charge in [-0.15, -0.1) is 11.3 Å². The lowest BCUT2D eigenvalue weighted by Crippen LogP contribution is -2.36. The maximum Gasteiger partial charge on any atom is 0.314 e. The molecule has 0 saturated carbocycles. The number of amides is 2. The number of methoxy groups -OCH3 is 2. The molecule has 2 N–H and O–H groups in total. The molecular formula is C25H30N4O5S. The van der Waals surface area contributed by atoms with Crippen LogP contribution in [0.15, 0.2) is 46.8 Å². The molecule has 9 nitrogen and oxygen atoms in total. The topological polar surface area (TPSA) is 95.3 Å². The van der Waals surface area contributed by atoms with Crippen molar-refractivity contribution < 1.29 is 23.7 Å². The Kier molecular flexibility index (Phi) is 8.15. The van der Waals surface area contributed by atoms with E-state index >= 15 is 0 Å². The summed E-state index contributed by atoms with van der Waals surface area (Å²) in [7, 11) is 3.27. The van der Waals surface area contributed by atoms with Crippen LogP contribution in [0.1, 0.15) is 18.9 Å². The third-order valence-electron chi connectivity index (χ3n) is 5.53. The fourth-order valence-electron chi connectivity index (χ4n) is 3.75. The largest absolute Gasteiger partial charge is 0.497 e. The van der Waals surface area contributed by atoms with Crippen molar-refractivity contribution in [2.75, 3.05) is 34.1 Å². The molecule has 186 valence electrons. The van der Waals surface area contributed by atoms with Gasteiger partial charge in [-0.05, 0) is 43.7 Å². The Labute approximate surface area is 208 Å². The van der Waals surface area contributed by atoms with Crippen LogP contribution in [0.5, 0.6) is 23.0 Å². The first-order chi connectivity index (χ1) is 17.1. The van der Waals surface area contributed by atoms with Crippen molar-refractivity contribution >= 4 is 17.4 Å². The van der Waals surface area contributed by atoms with Crippen molar-refractivity contribution in [1.29, 1.82) is 0 Å². The standard InChI is InChI=1S/C25H30N4O5S/c1-4-26-24(30)27-10-5-11-29-20(17-7-9-21-23(12-17)34-16-33-21)15-35-25(29)28-14-18-6-8-19(31-2)13-22(18)32-3/h6-9,12-13,15H,4-5,10-11,14,16H2,1-3H3,(H2,26,27,30). The van der Waals surface area contributed by atoms with E-state index < -0.39 is 0 Å². The van der Waals surface area contributed by atoms with Crippen LogP contribution in [0, 0.1) is 0 Å². The van der Waals surface area contributed by atoms with Crippen LogP contribution >= 0.6 is 11.3 Å². The second kappa shape index (κ2) is 11.7. The molecule has 0 bridgehead atoms. The molecule has 3 aromatic rings. The Balaban J connectivity index is 1.60. The molecule has 1 aliphatic rings. The van der Waals surface area contributed by atoms with Crippen molar-refractivity contribution in [3.8, 4) is 34.3 Å². The number of ether oxygens (including phenoxy) is 4. The summed E-state index contributed by atoms with van der Waals surface area (Å²) in [5.74, 6) is 2.96. The normalized spacial score (nSPS) is 12.5. The van der Waals surface area contributed by atoms with Crippen molar-refractivity contribution in [3.05, 3.63) is 52.1 Å². The SMILES string of the molecule is CCNC(=O)NCCCn1c(-c2ccc3c(c2)OCO3)csc1=NCc1ccc(OC)cc1OC. The molecule has 2 heterocycles. The number of nitrogens with zero attached hydrogens (tertiary/aromatic N) is 2. The molecule has 0 saturated heterocycles. The Morgan fingerprint density at radius 1 is 1.11 bits per heavy atom. The van der Waals surface area contributed by atoms with Crippen LogP contribution in [0.2, 0.25) is 0 Å². The molecular weight excluding hydrogens is 468 g/mol. The summed E-state index contributed by atoms with van der Waals surface area (Å²) in [5.41, 5.74) is 3.02. The summed E-state index contributed by atoms with van der Waals surface area (Å²) in [6.45, 7) is 4.43. The molecule has 1 aromatic heterocycles. The number of nitrogens with one attached hydrogen (secondary N) is 2. The minimum absolute atomic E-state index is 0.157. The summed E-state index contributed by atoms with van der Waals surface area (Å²) < 4.78 is 24.0. The molecule has 1 aliphatic heterocycles. The van der Waals surface area contributed by atoms with Crippen LogP contribution in [0.3, 0.4) is 0 Å². The number of fused-ring (bicyclic) bond motifs is 1. The van der Waals surface area contributed by atoms with Gasteiger partial charge in [0.15, 0.2) is 16.3 Å². The van der Waals surface area contributed by atoms with Gasteiger partial charge in [0.1, 0.15) is 11.5 Å². The number of carbonyl (C=O) groups excluding carboxylic acids is 1. The highest BCUT2D eigenvalue weighted by Crippen LogP contribution is 2.36. The number of hydrogen-bond donors (Lipinski definition) is 2. The average Bonchev–Trinajstić information content (AvgIpc) is 3.51. The summed E-state index contributed by atoms with van der Waals surface area (Å²) in [4.78, 5) is 17.5. The van der Waals surface area contributed by atoms with Gasteiger partial charge in [0.2, 0.25) is 6.79 Å². The number of thiazole rings is 1. The molecule has 2 amide bonds. The van der Waals surface area contributed by atoms with Crippen molar-refractivity contribution in [1.82, 2.24) is 15.2 Å². The first-order valence-corrected chi connectivity index (χ1v) is 12.3. The number of urea groups is 1. The zero-order valence-corrected chi connectivity index (χ0v) is 20.9. The van der Waals surface area contributed by atoms with Gasteiger partial charge in [0.25, 0.3) is 0 Å². The van der Waals surface area contributed by atoms with Crippen LogP contribution in [0.25, 0.3) is 11.3 Å². The van der Waals surface area contributed by atoms with E-state index in [9.17, 15) is 4.79 Å². The lowest BCUT2D eigenvalue weighted by molar-refractivity contribution is 0.174. The first kappa shape index (κ1) is 24.5. The fraction of sp³-hybridized carbons (Fsp3) is 0.360. The Morgan fingerprint density at radius 2 is 1.97 bits per heavy atom. The maximum atomic E-state index is 11.7. The summed E-state index contributed by atoms with van der Waals surface area (Å²) in [5, 5.41) is 7.73. The van der Waals surface area contributed by atoms with Crippen LogP contribution in [-0.4, -0.2) is 44.7 Å². The van der Waals surface area contributed by atoms with Gasteiger partial charge in [-0.2, -0.15) is 0 Å².